The van der Waals surface area contributed by atoms with Crippen molar-refractivity contribution in [3.8, 4) is 0 Å². The van der Waals surface area contributed by atoms with Crippen molar-refractivity contribution in [2.24, 2.45) is 11.8 Å². The number of carbonyl (C=O) groups excluding carboxylic acids is 1. The Morgan fingerprint density at radius 1 is 0.905 bits per heavy atom. The van der Waals surface area contributed by atoms with Gasteiger partial charge in [-0.05, 0) is 56.8 Å². The highest BCUT2D eigenvalue weighted by Gasteiger charge is 2.23. The average molecular weight is 290 g/mol. The Hall–Kier alpha value is -0.850. The zero-order valence-corrected chi connectivity index (χ0v) is 13.9. The van der Waals surface area contributed by atoms with Crippen molar-refractivity contribution in [1.29, 1.82) is 0 Å². The lowest BCUT2D eigenvalue weighted by molar-refractivity contribution is -0.107. The number of aldehydes is 1. The van der Waals surface area contributed by atoms with Gasteiger partial charge in [-0.3, -0.25) is 0 Å². The summed E-state index contributed by atoms with van der Waals surface area (Å²) in [6, 6.07) is 0. The van der Waals surface area contributed by atoms with Gasteiger partial charge in [-0.15, -0.1) is 0 Å². The van der Waals surface area contributed by atoms with Gasteiger partial charge in [0.05, 0.1) is 0 Å². The number of carbonyl (C=O) groups is 1. The van der Waals surface area contributed by atoms with E-state index in [0.717, 1.165) is 31.0 Å². The van der Waals surface area contributed by atoms with Crippen LogP contribution in [-0.4, -0.2) is 6.29 Å². The van der Waals surface area contributed by atoms with Crippen molar-refractivity contribution in [2.45, 2.75) is 84.0 Å². The molecular formula is C20H34O. The Morgan fingerprint density at radius 2 is 1.76 bits per heavy atom. The monoisotopic (exact) mass is 290 g/mol. The zero-order chi connectivity index (χ0) is 15.2. The summed E-state index contributed by atoms with van der Waals surface area (Å²) in [5.41, 5.74) is 0. The maximum Gasteiger partial charge on any atom is 0.120 e. The van der Waals surface area contributed by atoms with Crippen LogP contribution in [0.3, 0.4) is 0 Å². The molecule has 1 rings (SSSR count). The van der Waals surface area contributed by atoms with Crippen LogP contribution in [0.25, 0.3) is 0 Å². The molecule has 2 atom stereocenters. The minimum absolute atomic E-state index is 0.706. The van der Waals surface area contributed by atoms with Gasteiger partial charge in [-0.1, -0.05) is 56.9 Å². The Bertz CT molecular complexity index is 303. The van der Waals surface area contributed by atoms with E-state index in [4.69, 9.17) is 0 Å². The fraction of sp³-hybridized carbons (Fsp3) is 0.750. The summed E-state index contributed by atoms with van der Waals surface area (Å²) in [4.78, 5) is 10.2. The largest absolute Gasteiger partial charge is 0.303 e. The average Bonchev–Trinajstić information content (AvgIpc) is 2.94. The minimum atomic E-state index is 0.706. The van der Waals surface area contributed by atoms with Crippen molar-refractivity contribution in [1.82, 2.24) is 0 Å². The second-order valence-corrected chi connectivity index (χ2v) is 6.44. The van der Waals surface area contributed by atoms with E-state index < -0.39 is 0 Å². The number of rotatable bonds is 12. The molecule has 1 fully saturated rings. The summed E-state index contributed by atoms with van der Waals surface area (Å²) in [5.74, 6) is 1.68. The predicted octanol–water partition coefficient (Wildman–Crippen LogP) is 6.24. The quantitative estimate of drug-likeness (QED) is 0.236. The van der Waals surface area contributed by atoms with E-state index >= 15 is 0 Å². The molecule has 0 aromatic rings. The number of hydrogen-bond acceptors (Lipinski definition) is 1. The molecule has 0 radical (unpaired) electrons. The normalized spacial score (nSPS) is 22.5. The van der Waals surface area contributed by atoms with Crippen LogP contribution in [0.4, 0.5) is 0 Å². The molecule has 0 amide bonds. The molecule has 0 aromatic carbocycles. The van der Waals surface area contributed by atoms with Crippen LogP contribution in [0.5, 0.6) is 0 Å². The second-order valence-electron chi connectivity index (χ2n) is 6.44. The molecule has 1 saturated carbocycles. The molecule has 0 bridgehead atoms. The summed E-state index contributed by atoms with van der Waals surface area (Å²) in [6.07, 6.45) is 25.5. The van der Waals surface area contributed by atoms with E-state index in [-0.39, 0.29) is 0 Å². The van der Waals surface area contributed by atoms with Gasteiger partial charge < -0.3 is 4.79 Å². The first-order valence-corrected chi connectivity index (χ1v) is 9.13. The highest BCUT2D eigenvalue weighted by atomic mass is 16.1. The molecule has 0 N–H and O–H groups in total. The Morgan fingerprint density at radius 3 is 2.57 bits per heavy atom. The molecule has 21 heavy (non-hydrogen) atoms. The maximum atomic E-state index is 10.2. The third-order valence-electron chi connectivity index (χ3n) is 4.62. The Balaban J connectivity index is 2.15. The Labute approximate surface area is 131 Å². The maximum absolute atomic E-state index is 10.2. The zero-order valence-electron chi connectivity index (χ0n) is 13.9. The predicted molar refractivity (Wildman–Crippen MR) is 92.4 cm³/mol. The van der Waals surface area contributed by atoms with E-state index in [1.54, 1.807) is 0 Å². The van der Waals surface area contributed by atoms with Crippen LogP contribution in [0.15, 0.2) is 24.3 Å². The SMILES string of the molecule is CCCCCC/C=C/[C@H]1CCC[C@@H]1C/C=C\CCCC=O. The highest BCUT2D eigenvalue weighted by molar-refractivity contribution is 5.48. The van der Waals surface area contributed by atoms with Gasteiger partial charge in [-0.25, -0.2) is 0 Å². The topological polar surface area (TPSA) is 17.1 Å². The first-order valence-electron chi connectivity index (χ1n) is 9.13. The van der Waals surface area contributed by atoms with Crippen LogP contribution in [0.1, 0.15) is 84.0 Å². The van der Waals surface area contributed by atoms with Crippen LogP contribution >= 0.6 is 0 Å². The molecule has 1 aliphatic rings. The molecule has 1 heteroatoms. The lowest BCUT2D eigenvalue weighted by atomic mass is 9.92. The molecule has 0 spiro atoms. The van der Waals surface area contributed by atoms with Crippen molar-refractivity contribution < 1.29 is 4.79 Å². The van der Waals surface area contributed by atoms with Gasteiger partial charge in [0, 0.05) is 6.42 Å². The summed E-state index contributed by atoms with van der Waals surface area (Å²) < 4.78 is 0. The Kier molecular flexibility index (Phi) is 11.1. The molecular weight excluding hydrogens is 256 g/mol. The summed E-state index contributed by atoms with van der Waals surface area (Å²) in [5, 5.41) is 0. The molecule has 0 unspecified atom stereocenters. The van der Waals surface area contributed by atoms with Crippen LogP contribution < -0.4 is 0 Å². The van der Waals surface area contributed by atoms with Gasteiger partial charge in [0.1, 0.15) is 6.29 Å². The minimum Gasteiger partial charge on any atom is -0.303 e. The standard InChI is InChI=1S/C20H34O/c1-2-3-4-5-7-10-14-19-16-13-17-20(19)15-11-8-6-9-12-18-21/h8,10-11,14,18-20H,2-7,9,12-13,15-17H2,1H3/b11-8-,14-10+/t19-,20-/m0/s1. The van der Waals surface area contributed by atoms with E-state index in [9.17, 15) is 4.79 Å². The number of unbranched alkanes of at least 4 members (excludes halogenated alkanes) is 6. The molecule has 1 nitrogen and oxygen atoms in total. The van der Waals surface area contributed by atoms with Crippen LogP contribution in [0, 0.1) is 11.8 Å². The molecule has 120 valence electrons. The van der Waals surface area contributed by atoms with Crippen molar-refractivity contribution in [3.63, 3.8) is 0 Å². The third kappa shape index (κ3) is 8.90. The van der Waals surface area contributed by atoms with Gasteiger partial charge in [0.15, 0.2) is 0 Å². The van der Waals surface area contributed by atoms with Gasteiger partial charge in [0.25, 0.3) is 0 Å². The van der Waals surface area contributed by atoms with Gasteiger partial charge in [0.2, 0.25) is 0 Å². The lowest BCUT2D eigenvalue weighted by Gasteiger charge is -2.14. The van der Waals surface area contributed by atoms with Gasteiger partial charge in [-0.2, -0.15) is 0 Å². The van der Waals surface area contributed by atoms with E-state index in [1.807, 2.05) is 0 Å². The molecule has 0 aromatic heterocycles. The highest BCUT2D eigenvalue weighted by Crippen LogP contribution is 2.35. The van der Waals surface area contributed by atoms with Crippen LogP contribution in [0.2, 0.25) is 0 Å². The number of hydrogen-bond donors (Lipinski definition) is 0. The fourth-order valence-corrected chi connectivity index (χ4v) is 3.28. The number of allylic oxidation sites excluding steroid dienone is 4. The molecule has 1 aliphatic carbocycles. The molecule has 0 heterocycles. The van der Waals surface area contributed by atoms with Gasteiger partial charge >= 0.3 is 0 Å². The molecule has 0 aliphatic heterocycles. The second kappa shape index (κ2) is 12.9. The third-order valence-corrected chi connectivity index (χ3v) is 4.62. The molecule has 0 saturated heterocycles. The van der Waals surface area contributed by atoms with Crippen LogP contribution in [-0.2, 0) is 4.79 Å². The van der Waals surface area contributed by atoms with E-state index in [0.29, 0.717) is 6.42 Å². The van der Waals surface area contributed by atoms with Crippen molar-refractivity contribution >= 4 is 6.29 Å². The summed E-state index contributed by atoms with van der Waals surface area (Å²) >= 11 is 0. The van der Waals surface area contributed by atoms with Crippen molar-refractivity contribution in [3.05, 3.63) is 24.3 Å². The fourth-order valence-electron chi connectivity index (χ4n) is 3.28. The summed E-state index contributed by atoms with van der Waals surface area (Å²) in [6.45, 7) is 2.27. The van der Waals surface area contributed by atoms with E-state index in [1.165, 1.54) is 57.8 Å². The summed E-state index contributed by atoms with van der Waals surface area (Å²) in [7, 11) is 0. The first-order chi connectivity index (χ1) is 10.4. The van der Waals surface area contributed by atoms with Crippen molar-refractivity contribution in [2.75, 3.05) is 0 Å². The first kappa shape index (κ1) is 18.2. The lowest BCUT2D eigenvalue weighted by Crippen LogP contribution is -2.03. The van der Waals surface area contributed by atoms with E-state index in [2.05, 4.69) is 31.2 Å². The smallest absolute Gasteiger partial charge is 0.120 e.